The van der Waals surface area contributed by atoms with Gasteiger partial charge in [0.25, 0.3) is 0 Å². The second-order valence-corrected chi connectivity index (χ2v) is 6.34. The number of aliphatic hydroxyl groups is 1. The molecule has 1 saturated heterocycles. The van der Waals surface area contributed by atoms with Crippen molar-refractivity contribution in [3.63, 3.8) is 0 Å². The Bertz CT molecular complexity index is 462. The number of piperazine rings is 1. The third-order valence-electron chi connectivity index (χ3n) is 4.20. The molecule has 0 spiro atoms. The molecule has 1 aromatic carbocycles. The first kappa shape index (κ1) is 18.4. The highest BCUT2D eigenvalue weighted by atomic mass is 35.5. The van der Waals surface area contributed by atoms with Gasteiger partial charge in [-0.15, -0.1) is 12.4 Å². The summed E-state index contributed by atoms with van der Waals surface area (Å²) in [4.78, 5) is 2.36. The number of benzene rings is 1. The van der Waals surface area contributed by atoms with E-state index in [0.717, 1.165) is 37.3 Å². The molecule has 1 aliphatic rings. The van der Waals surface area contributed by atoms with Gasteiger partial charge in [-0.05, 0) is 30.2 Å². The van der Waals surface area contributed by atoms with Crippen LogP contribution in [0.4, 0.5) is 4.39 Å². The Morgan fingerprint density at radius 3 is 2.52 bits per heavy atom. The van der Waals surface area contributed by atoms with Crippen molar-refractivity contribution < 1.29 is 9.50 Å². The van der Waals surface area contributed by atoms with Crippen molar-refractivity contribution in [3.8, 4) is 0 Å². The summed E-state index contributed by atoms with van der Waals surface area (Å²) in [5.41, 5.74) is 1.76. The highest BCUT2D eigenvalue weighted by Crippen LogP contribution is 2.39. The van der Waals surface area contributed by atoms with Gasteiger partial charge in [0.15, 0.2) is 0 Å². The van der Waals surface area contributed by atoms with Crippen molar-refractivity contribution in [2.75, 3.05) is 32.8 Å². The van der Waals surface area contributed by atoms with Gasteiger partial charge in [-0.2, -0.15) is 0 Å². The first-order valence-electron chi connectivity index (χ1n) is 7.27. The summed E-state index contributed by atoms with van der Waals surface area (Å²) in [6.45, 7) is 9.90. The number of aliphatic hydroxyl groups excluding tert-OH is 1. The number of rotatable bonds is 4. The topological polar surface area (TPSA) is 35.5 Å². The van der Waals surface area contributed by atoms with Gasteiger partial charge < -0.3 is 10.4 Å². The molecule has 2 N–H and O–H groups in total. The molecule has 0 aliphatic carbocycles. The maximum atomic E-state index is 13.7. The van der Waals surface area contributed by atoms with E-state index in [2.05, 4.69) is 10.2 Å². The molecule has 1 aromatic rings. The van der Waals surface area contributed by atoms with Crippen molar-refractivity contribution in [1.82, 2.24) is 10.2 Å². The normalized spacial score (nSPS) is 18.1. The molecule has 0 unspecified atom stereocenters. The van der Waals surface area contributed by atoms with Crippen LogP contribution in [0.2, 0.25) is 0 Å². The number of hydrogen-bond acceptors (Lipinski definition) is 3. The molecule has 3 nitrogen and oxygen atoms in total. The lowest BCUT2D eigenvalue weighted by atomic mass is 9.78. The van der Waals surface area contributed by atoms with Crippen LogP contribution in [0.25, 0.3) is 0 Å². The number of halogens is 2. The molecule has 0 saturated carbocycles. The fourth-order valence-corrected chi connectivity index (χ4v) is 3.04. The predicted molar refractivity (Wildman–Crippen MR) is 86.4 cm³/mol. The number of aryl methyl sites for hydroxylation is 1. The van der Waals surface area contributed by atoms with Gasteiger partial charge in [0, 0.05) is 44.2 Å². The van der Waals surface area contributed by atoms with Gasteiger partial charge in [0.05, 0.1) is 0 Å². The minimum absolute atomic E-state index is 0. The molecule has 0 radical (unpaired) electrons. The molecule has 120 valence electrons. The lowest BCUT2D eigenvalue weighted by Gasteiger charge is -2.44. The third-order valence-corrected chi connectivity index (χ3v) is 4.20. The highest BCUT2D eigenvalue weighted by molar-refractivity contribution is 5.85. The molecule has 1 aliphatic heterocycles. The van der Waals surface area contributed by atoms with E-state index in [4.69, 9.17) is 0 Å². The molecule has 0 bridgehead atoms. The molecular weight excluding hydrogens is 291 g/mol. The third kappa shape index (κ3) is 4.16. The largest absolute Gasteiger partial charge is 0.396 e. The van der Waals surface area contributed by atoms with Gasteiger partial charge in [-0.1, -0.05) is 19.9 Å². The first-order valence-corrected chi connectivity index (χ1v) is 7.27. The zero-order valence-electron chi connectivity index (χ0n) is 13.0. The molecule has 0 amide bonds. The van der Waals surface area contributed by atoms with Crippen molar-refractivity contribution in [3.05, 3.63) is 35.1 Å². The summed E-state index contributed by atoms with van der Waals surface area (Å²) in [5.74, 6) is -0.209. The lowest BCUT2D eigenvalue weighted by molar-refractivity contribution is 0.0300. The summed E-state index contributed by atoms with van der Waals surface area (Å²) < 4.78 is 13.7. The van der Waals surface area contributed by atoms with E-state index in [1.807, 2.05) is 26.8 Å². The van der Waals surface area contributed by atoms with E-state index in [1.165, 1.54) is 6.07 Å². The molecule has 1 fully saturated rings. The molecular formula is C16H26ClFN2O. The lowest BCUT2D eigenvalue weighted by Crippen LogP contribution is -2.49. The Morgan fingerprint density at radius 1 is 1.33 bits per heavy atom. The van der Waals surface area contributed by atoms with Gasteiger partial charge >= 0.3 is 0 Å². The number of hydrogen-bond donors (Lipinski definition) is 2. The Hall–Kier alpha value is -0.680. The SMILES string of the molecule is Cc1ccc(F)cc1[C@@H](N1CCNCC1)C(C)(C)CO.Cl. The molecule has 1 atom stereocenters. The van der Waals surface area contributed by atoms with Gasteiger partial charge in [0.2, 0.25) is 0 Å². The van der Waals surface area contributed by atoms with Gasteiger partial charge in [-0.3, -0.25) is 4.90 Å². The average molecular weight is 317 g/mol. The minimum Gasteiger partial charge on any atom is -0.396 e. The zero-order valence-corrected chi connectivity index (χ0v) is 13.8. The van der Waals surface area contributed by atoms with Crippen LogP contribution >= 0.6 is 12.4 Å². The van der Waals surface area contributed by atoms with E-state index in [-0.39, 0.29) is 36.3 Å². The Labute approximate surface area is 132 Å². The summed E-state index contributed by atoms with van der Waals surface area (Å²) in [6, 6.07) is 4.98. The van der Waals surface area contributed by atoms with E-state index < -0.39 is 0 Å². The summed E-state index contributed by atoms with van der Waals surface area (Å²) in [6.07, 6.45) is 0. The average Bonchev–Trinajstić information content (AvgIpc) is 2.44. The summed E-state index contributed by atoms with van der Waals surface area (Å²) >= 11 is 0. The predicted octanol–water partition coefficient (Wildman–Crippen LogP) is 2.52. The van der Waals surface area contributed by atoms with Crippen LogP contribution in [0, 0.1) is 18.2 Å². The fraction of sp³-hybridized carbons (Fsp3) is 0.625. The Kier molecular flexibility index (Phi) is 6.60. The van der Waals surface area contributed by atoms with Crippen LogP contribution in [0.5, 0.6) is 0 Å². The molecule has 21 heavy (non-hydrogen) atoms. The molecule has 0 aromatic heterocycles. The van der Waals surface area contributed by atoms with Gasteiger partial charge in [-0.25, -0.2) is 4.39 Å². The number of nitrogens with zero attached hydrogens (tertiary/aromatic N) is 1. The van der Waals surface area contributed by atoms with Crippen LogP contribution in [0.1, 0.15) is 31.0 Å². The van der Waals surface area contributed by atoms with E-state index in [9.17, 15) is 9.50 Å². The quantitative estimate of drug-likeness (QED) is 0.896. The van der Waals surface area contributed by atoms with E-state index in [1.54, 1.807) is 6.07 Å². The fourth-order valence-electron chi connectivity index (χ4n) is 3.04. The maximum Gasteiger partial charge on any atom is 0.123 e. The Morgan fingerprint density at radius 2 is 1.95 bits per heavy atom. The number of nitrogens with one attached hydrogen (secondary N) is 1. The zero-order chi connectivity index (χ0) is 14.8. The second-order valence-electron chi connectivity index (χ2n) is 6.34. The first-order chi connectivity index (χ1) is 9.45. The van der Waals surface area contributed by atoms with Crippen LogP contribution in [0.15, 0.2) is 18.2 Å². The van der Waals surface area contributed by atoms with Crippen LogP contribution < -0.4 is 5.32 Å². The summed E-state index contributed by atoms with van der Waals surface area (Å²) in [5, 5.41) is 13.1. The highest BCUT2D eigenvalue weighted by Gasteiger charge is 2.36. The molecule has 1 heterocycles. The smallest absolute Gasteiger partial charge is 0.123 e. The monoisotopic (exact) mass is 316 g/mol. The van der Waals surface area contributed by atoms with Crippen LogP contribution in [-0.2, 0) is 0 Å². The molecule has 2 rings (SSSR count). The van der Waals surface area contributed by atoms with Crippen LogP contribution in [-0.4, -0.2) is 42.8 Å². The standard InChI is InChI=1S/C16H25FN2O.ClH/c1-12-4-5-13(17)10-14(12)15(16(2,3)11-20)19-8-6-18-7-9-19;/h4-5,10,15,18,20H,6-9,11H2,1-3H3;1H/t15-;/m1./s1. The summed E-state index contributed by atoms with van der Waals surface area (Å²) in [7, 11) is 0. The van der Waals surface area contributed by atoms with Gasteiger partial charge in [0.1, 0.15) is 5.82 Å². The van der Waals surface area contributed by atoms with Crippen molar-refractivity contribution in [2.45, 2.75) is 26.8 Å². The van der Waals surface area contributed by atoms with Crippen molar-refractivity contribution in [1.29, 1.82) is 0 Å². The maximum absolute atomic E-state index is 13.7. The van der Waals surface area contributed by atoms with E-state index >= 15 is 0 Å². The van der Waals surface area contributed by atoms with E-state index in [0.29, 0.717) is 0 Å². The van der Waals surface area contributed by atoms with Crippen molar-refractivity contribution >= 4 is 12.4 Å². The second kappa shape index (κ2) is 7.54. The molecule has 5 heteroatoms. The van der Waals surface area contributed by atoms with Crippen LogP contribution in [0.3, 0.4) is 0 Å². The Balaban J connectivity index is 0.00000220. The van der Waals surface area contributed by atoms with Crippen molar-refractivity contribution in [2.24, 2.45) is 5.41 Å². The minimum atomic E-state index is -0.310.